The van der Waals surface area contributed by atoms with Crippen LogP contribution in [0.2, 0.25) is 0 Å². The zero-order valence-electron chi connectivity index (χ0n) is 12.0. The van der Waals surface area contributed by atoms with Crippen LogP contribution in [-0.2, 0) is 4.79 Å². The first-order valence-corrected chi connectivity index (χ1v) is 7.07. The van der Waals surface area contributed by atoms with Crippen molar-refractivity contribution in [3.63, 3.8) is 0 Å². The Morgan fingerprint density at radius 3 is 3.00 bits per heavy atom. The van der Waals surface area contributed by atoms with Gasteiger partial charge in [0.15, 0.2) is 0 Å². The lowest BCUT2D eigenvalue weighted by molar-refractivity contribution is -0.134. The number of anilines is 1. The average Bonchev–Trinajstić information content (AvgIpc) is 2.38. The number of piperidine rings is 1. The second-order valence-corrected chi connectivity index (χ2v) is 5.43. The molecule has 0 saturated carbocycles. The summed E-state index contributed by atoms with van der Waals surface area (Å²) in [6.45, 7) is 6.91. The Morgan fingerprint density at radius 2 is 2.32 bits per heavy atom. The van der Waals surface area contributed by atoms with E-state index in [9.17, 15) is 4.79 Å². The molecule has 0 bridgehead atoms. The number of aromatic nitrogens is 1. The van der Waals surface area contributed by atoms with E-state index in [0.29, 0.717) is 6.04 Å². The molecule has 1 amide bonds. The van der Waals surface area contributed by atoms with Crippen LogP contribution in [0.5, 0.6) is 0 Å². The largest absolute Gasteiger partial charge is 0.374 e. The molecule has 2 atom stereocenters. The number of pyridine rings is 1. The van der Waals surface area contributed by atoms with E-state index in [1.807, 2.05) is 30.9 Å². The maximum atomic E-state index is 12.4. The van der Waals surface area contributed by atoms with Gasteiger partial charge in [-0.05, 0) is 52.2 Å². The topological polar surface area (TPSA) is 45.2 Å². The molecule has 1 aromatic heterocycles. The zero-order chi connectivity index (χ0) is 13.8. The van der Waals surface area contributed by atoms with Crippen molar-refractivity contribution in [1.82, 2.24) is 9.88 Å². The third-order valence-electron chi connectivity index (χ3n) is 3.74. The third-order valence-corrected chi connectivity index (χ3v) is 3.74. The van der Waals surface area contributed by atoms with E-state index in [-0.39, 0.29) is 11.9 Å². The Kier molecular flexibility index (Phi) is 4.40. The van der Waals surface area contributed by atoms with Crippen LogP contribution < -0.4 is 5.32 Å². The van der Waals surface area contributed by atoms with E-state index in [1.54, 1.807) is 6.20 Å². The quantitative estimate of drug-likeness (QED) is 0.909. The summed E-state index contributed by atoms with van der Waals surface area (Å²) in [5.41, 5.74) is 1.91. The van der Waals surface area contributed by atoms with Crippen LogP contribution in [0.3, 0.4) is 0 Å². The Labute approximate surface area is 115 Å². The summed E-state index contributed by atoms with van der Waals surface area (Å²) >= 11 is 0. The van der Waals surface area contributed by atoms with Gasteiger partial charge >= 0.3 is 0 Å². The van der Waals surface area contributed by atoms with Crippen molar-refractivity contribution in [3.8, 4) is 0 Å². The summed E-state index contributed by atoms with van der Waals surface area (Å²) < 4.78 is 0. The van der Waals surface area contributed by atoms with Gasteiger partial charge in [-0.3, -0.25) is 9.78 Å². The lowest BCUT2D eigenvalue weighted by Gasteiger charge is -2.35. The van der Waals surface area contributed by atoms with E-state index < -0.39 is 0 Å². The Bertz CT molecular complexity index is 447. The molecular formula is C15H23N3O. The minimum Gasteiger partial charge on any atom is -0.374 e. The number of amides is 1. The van der Waals surface area contributed by atoms with Gasteiger partial charge in [-0.15, -0.1) is 0 Å². The van der Waals surface area contributed by atoms with E-state index in [0.717, 1.165) is 30.8 Å². The van der Waals surface area contributed by atoms with Crippen LogP contribution in [0.25, 0.3) is 0 Å². The van der Waals surface area contributed by atoms with Crippen LogP contribution in [0, 0.1) is 6.92 Å². The maximum Gasteiger partial charge on any atom is 0.245 e. The van der Waals surface area contributed by atoms with Crippen molar-refractivity contribution < 1.29 is 4.79 Å². The summed E-state index contributed by atoms with van der Waals surface area (Å²) in [5, 5.41) is 3.27. The summed E-state index contributed by atoms with van der Waals surface area (Å²) in [5.74, 6) is 0.196. The first-order valence-electron chi connectivity index (χ1n) is 7.07. The number of hydrogen-bond donors (Lipinski definition) is 1. The van der Waals surface area contributed by atoms with Crippen LogP contribution in [0.15, 0.2) is 18.3 Å². The van der Waals surface area contributed by atoms with Gasteiger partial charge in [0.05, 0.1) is 0 Å². The predicted octanol–water partition coefficient (Wildman–Crippen LogP) is 2.59. The monoisotopic (exact) mass is 261 g/mol. The fourth-order valence-corrected chi connectivity index (χ4v) is 2.62. The van der Waals surface area contributed by atoms with E-state index in [1.165, 1.54) is 6.42 Å². The lowest BCUT2D eigenvalue weighted by atomic mass is 10.0. The van der Waals surface area contributed by atoms with Gasteiger partial charge in [0.1, 0.15) is 6.04 Å². The number of nitrogens with one attached hydrogen (secondary N) is 1. The molecule has 4 heteroatoms. The fraction of sp³-hybridized carbons (Fsp3) is 0.600. The molecule has 2 unspecified atom stereocenters. The molecule has 1 aliphatic rings. The number of likely N-dealkylation sites (tertiary alicyclic amines) is 1. The Balaban J connectivity index is 1.99. The first kappa shape index (κ1) is 13.8. The number of carbonyl (C=O) groups is 1. The summed E-state index contributed by atoms with van der Waals surface area (Å²) in [6, 6.07) is 4.03. The van der Waals surface area contributed by atoms with Gasteiger partial charge in [-0.25, -0.2) is 0 Å². The molecule has 0 aromatic carbocycles. The van der Waals surface area contributed by atoms with Crippen molar-refractivity contribution in [2.75, 3.05) is 11.9 Å². The predicted molar refractivity (Wildman–Crippen MR) is 77.1 cm³/mol. The minimum atomic E-state index is -0.192. The maximum absolute atomic E-state index is 12.4. The van der Waals surface area contributed by atoms with Crippen LogP contribution in [0.4, 0.5) is 5.69 Å². The normalized spacial score (nSPS) is 21.0. The second-order valence-electron chi connectivity index (χ2n) is 5.43. The number of hydrogen-bond acceptors (Lipinski definition) is 3. The van der Waals surface area contributed by atoms with E-state index >= 15 is 0 Å². The van der Waals surface area contributed by atoms with Gasteiger partial charge in [0, 0.05) is 30.2 Å². The van der Waals surface area contributed by atoms with Crippen molar-refractivity contribution >= 4 is 11.6 Å². The highest BCUT2D eigenvalue weighted by molar-refractivity contribution is 5.84. The molecule has 104 valence electrons. The highest BCUT2D eigenvalue weighted by atomic mass is 16.2. The molecule has 1 fully saturated rings. The smallest absolute Gasteiger partial charge is 0.245 e. The molecular weight excluding hydrogens is 238 g/mol. The molecule has 1 aliphatic heterocycles. The zero-order valence-corrected chi connectivity index (χ0v) is 12.0. The van der Waals surface area contributed by atoms with Gasteiger partial charge in [0.25, 0.3) is 0 Å². The Hall–Kier alpha value is -1.58. The summed E-state index contributed by atoms with van der Waals surface area (Å²) in [7, 11) is 0. The van der Waals surface area contributed by atoms with Crippen LogP contribution >= 0.6 is 0 Å². The van der Waals surface area contributed by atoms with Crippen molar-refractivity contribution in [3.05, 3.63) is 24.0 Å². The lowest BCUT2D eigenvalue weighted by Crippen LogP contribution is -2.48. The fourth-order valence-electron chi connectivity index (χ4n) is 2.62. The standard InChI is InChI=1S/C15H23N3O/c1-11-10-14(7-8-16-11)17-13(3)15(19)18-9-5-4-6-12(18)2/h7-8,10,12-13H,4-6,9H2,1-3H3,(H,16,17). The number of rotatable bonds is 3. The van der Waals surface area contributed by atoms with Gasteiger partial charge in [-0.2, -0.15) is 0 Å². The Morgan fingerprint density at radius 1 is 1.53 bits per heavy atom. The van der Waals surface area contributed by atoms with Crippen LogP contribution in [0.1, 0.15) is 38.8 Å². The molecule has 1 aromatic rings. The number of aryl methyl sites for hydroxylation is 1. The minimum absolute atomic E-state index is 0.192. The van der Waals surface area contributed by atoms with Gasteiger partial charge in [0.2, 0.25) is 5.91 Å². The molecule has 0 spiro atoms. The third kappa shape index (κ3) is 3.46. The highest BCUT2D eigenvalue weighted by Gasteiger charge is 2.26. The molecule has 1 saturated heterocycles. The number of nitrogens with zero attached hydrogens (tertiary/aromatic N) is 2. The SMILES string of the molecule is Cc1cc(NC(C)C(=O)N2CCCCC2C)ccn1. The molecule has 2 rings (SSSR count). The van der Waals surface area contributed by atoms with E-state index in [4.69, 9.17) is 0 Å². The van der Waals surface area contributed by atoms with Crippen LogP contribution in [-0.4, -0.2) is 34.4 Å². The summed E-state index contributed by atoms with van der Waals surface area (Å²) in [6.07, 6.45) is 5.23. The van der Waals surface area contributed by atoms with Gasteiger partial charge < -0.3 is 10.2 Å². The summed E-state index contributed by atoms with van der Waals surface area (Å²) in [4.78, 5) is 18.6. The highest BCUT2D eigenvalue weighted by Crippen LogP contribution is 2.18. The molecule has 19 heavy (non-hydrogen) atoms. The van der Waals surface area contributed by atoms with Crippen molar-refractivity contribution in [1.29, 1.82) is 0 Å². The molecule has 2 heterocycles. The van der Waals surface area contributed by atoms with E-state index in [2.05, 4.69) is 17.2 Å². The first-order chi connectivity index (χ1) is 9.08. The molecule has 0 aliphatic carbocycles. The average molecular weight is 261 g/mol. The molecule has 0 radical (unpaired) electrons. The number of carbonyl (C=O) groups excluding carboxylic acids is 1. The molecule has 1 N–H and O–H groups in total. The van der Waals surface area contributed by atoms with Gasteiger partial charge in [-0.1, -0.05) is 0 Å². The van der Waals surface area contributed by atoms with Crippen molar-refractivity contribution in [2.45, 2.75) is 52.1 Å². The molecule has 4 nitrogen and oxygen atoms in total. The van der Waals surface area contributed by atoms with Crippen molar-refractivity contribution in [2.24, 2.45) is 0 Å². The second kappa shape index (κ2) is 6.04.